The molecule has 0 spiro atoms. The number of carbonyl (C=O) groups excluding carboxylic acids is 4. The van der Waals surface area contributed by atoms with Crippen molar-refractivity contribution in [1.82, 2.24) is 5.32 Å². The molecule has 0 unspecified atom stereocenters. The van der Waals surface area contributed by atoms with E-state index in [-0.39, 0.29) is 52.7 Å². The van der Waals surface area contributed by atoms with Gasteiger partial charge in [0.1, 0.15) is 34.9 Å². The van der Waals surface area contributed by atoms with Gasteiger partial charge in [0.2, 0.25) is 5.91 Å². The molecule has 3 aliphatic rings. The number of amides is 1. The lowest BCUT2D eigenvalue weighted by atomic mass is 9.88. The highest BCUT2D eigenvalue weighted by Gasteiger charge is 2.41. The number of carbonyl (C=O) groups is 5. The van der Waals surface area contributed by atoms with Crippen molar-refractivity contribution in [3.63, 3.8) is 0 Å². The first-order valence-corrected chi connectivity index (χ1v) is 18.0. The van der Waals surface area contributed by atoms with E-state index < -0.39 is 17.9 Å². The number of cyclic esters (lactones) is 1. The highest BCUT2D eigenvalue weighted by Crippen LogP contribution is 2.41. The van der Waals surface area contributed by atoms with E-state index in [4.69, 9.17) is 9.15 Å². The van der Waals surface area contributed by atoms with Gasteiger partial charge in [-0.05, 0) is 74.6 Å². The number of aromatic hydroxyl groups is 1. The zero-order valence-electron chi connectivity index (χ0n) is 30.2. The molecule has 2 aliphatic heterocycles. The summed E-state index contributed by atoms with van der Waals surface area (Å²) in [4.78, 5) is 71.1. The van der Waals surface area contributed by atoms with Crippen molar-refractivity contribution in [2.45, 2.75) is 77.4 Å². The van der Waals surface area contributed by atoms with Gasteiger partial charge in [0.05, 0.1) is 11.6 Å². The Bertz CT molecular complexity index is 2170. The monoisotopic (exact) mass is 733 g/mol. The smallest absolute Gasteiger partial charge is 0.336 e. The number of phenols is 1. The minimum absolute atomic E-state index is 0.0198. The van der Waals surface area contributed by atoms with Crippen LogP contribution in [0.25, 0.3) is 33.4 Å². The summed E-state index contributed by atoms with van der Waals surface area (Å²) in [6.07, 6.45) is 4.54. The van der Waals surface area contributed by atoms with Crippen LogP contribution in [0.4, 0.5) is 0 Å². The van der Waals surface area contributed by atoms with Crippen LogP contribution in [0.1, 0.15) is 74.7 Å². The van der Waals surface area contributed by atoms with Crippen LogP contribution in [0.2, 0.25) is 0 Å². The zero-order valence-corrected chi connectivity index (χ0v) is 30.2. The first-order chi connectivity index (χ1) is 25.9. The standard InChI is InChI=1S/C23H31NO5.C20H12O5/c1-16(25)10-6-3-4-9-13-22(27)24-20(14-18-11-7-5-8-12-18)21(26)15-19-17(2)29-23(19)28;21-11-5-7-15-17(9-11)25-18-10-12(22)6-8-16(18)19(15)13-3-1-2-4-14(13)20(23)24/h5,7-8,11-12,17,19-20H,3-4,6,9-10,13-15H2,1-2H3,(H,24,27);1-10,21H,(H,23,24)/t17-,19+,20-;/m1./s1. The van der Waals surface area contributed by atoms with E-state index in [1.165, 1.54) is 30.3 Å². The minimum atomic E-state index is -1.04. The van der Waals surface area contributed by atoms with Crippen molar-refractivity contribution in [2.75, 3.05) is 0 Å². The van der Waals surface area contributed by atoms with E-state index >= 15 is 0 Å². The number of esters is 1. The summed E-state index contributed by atoms with van der Waals surface area (Å²) >= 11 is 0. The molecule has 0 saturated carbocycles. The zero-order chi connectivity index (χ0) is 38.8. The van der Waals surface area contributed by atoms with Crippen molar-refractivity contribution in [1.29, 1.82) is 0 Å². The van der Waals surface area contributed by atoms with Gasteiger partial charge in [-0.1, -0.05) is 61.4 Å². The molecule has 1 fully saturated rings. The fraction of sp³-hybridized carbons (Fsp3) is 0.302. The van der Waals surface area contributed by atoms with E-state index in [9.17, 15) is 39.0 Å². The lowest BCUT2D eigenvalue weighted by Crippen LogP contribution is -2.48. The normalized spacial score (nSPS) is 15.3. The third kappa shape index (κ3) is 10.1. The summed E-state index contributed by atoms with van der Waals surface area (Å²) < 4.78 is 10.7. The van der Waals surface area contributed by atoms with E-state index in [1.54, 1.807) is 44.2 Å². The molecule has 1 amide bonds. The summed E-state index contributed by atoms with van der Waals surface area (Å²) in [6, 6.07) is 24.6. The van der Waals surface area contributed by atoms with E-state index in [1.807, 2.05) is 30.3 Å². The Hall–Kier alpha value is -6.10. The van der Waals surface area contributed by atoms with Gasteiger partial charge in [-0.3, -0.25) is 19.2 Å². The highest BCUT2D eigenvalue weighted by atomic mass is 16.6. The number of phenolic OH excluding ortho intramolecular Hbond substituents is 1. The average molecular weight is 734 g/mol. The number of ether oxygens (including phenoxy) is 1. The molecule has 1 aliphatic carbocycles. The van der Waals surface area contributed by atoms with Gasteiger partial charge >= 0.3 is 11.9 Å². The maximum absolute atomic E-state index is 12.8. The fourth-order valence-corrected chi connectivity index (χ4v) is 6.49. The third-order valence-electron chi connectivity index (χ3n) is 9.39. The highest BCUT2D eigenvalue weighted by molar-refractivity contribution is 6.07. The molecule has 11 heteroatoms. The van der Waals surface area contributed by atoms with Crippen LogP contribution in [0.15, 0.2) is 100 Å². The van der Waals surface area contributed by atoms with Gasteiger partial charge in [-0.15, -0.1) is 0 Å². The topological polar surface area (TPSA) is 177 Å². The molecule has 0 bridgehead atoms. The van der Waals surface area contributed by atoms with Crippen LogP contribution in [0.5, 0.6) is 5.75 Å². The Morgan fingerprint density at radius 1 is 0.815 bits per heavy atom. The molecule has 11 nitrogen and oxygen atoms in total. The number of fused-ring (bicyclic) bond motifs is 2. The lowest BCUT2D eigenvalue weighted by Gasteiger charge is -2.32. The number of benzene rings is 4. The van der Waals surface area contributed by atoms with Gasteiger partial charge in [-0.25, -0.2) is 4.79 Å². The van der Waals surface area contributed by atoms with E-state index in [0.717, 1.165) is 31.2 Å². The number of ketones is 2. The number of hydrogen-bond donors (Lipinski definition) is 3. The van der Waals surface area contributed by atoms with Crippen LogP contribution < -0.4 is 10.7 Å². The number of hydrogen-bond acceptors (Lipinski definition) is 9. The number of Topliss-reactive ketones (excluding diaryl/α,β-unsaturated/α-hetero) is 2. The molecule has 54 heavy (non-hydrogen) atoms. The molecule has 1 saturated heterocycles. The number of aromatic carboxylic acids is 1. The van der Waals surface area contributed by atoms with Gasteiger partial charge in [0, 0.05) is 47.9 Å². The Balaban J connectivity index is 0.000000209. The first-order valence-electron chi connectivity index (χ1n) is 18.0. The number of carboxylic acids is 1. The van der Waals surface area contributed by atoms with E-state index in [0.29, 0.717) is 52.7 Å². The van der Waals surface area contributed by atoms with Gasteiger partial charge in [-0.2, -0.15) is 0 Å². The van der Waals surface area contributed by atoms with Crippen molar-refractivity contribution in [2.24, 2.45) is 5.92 Å². The summed E-state index contributed by atoms with van der Waals surface area (Å²) in [5.41, 5.74) is 3.06. The molecule has 6 rings (SSSR count). The predicted octanol–water partition coefficient (Wildman–Crippen LogP) is 7.13. The molecule has 0 aromatic heterocycles. The Kier molecular flexibility index (Phi) is 13.1. The molecule has 0 radical (unpaired) electrons. The average Bonchev–Trinajstić information content (AvgIpc) is 3.14. The SMILES string of the molecule is CC(=O)CCCCCCC(=O)N[C@H](Cc1ccccc1)C(=O)C[C@@H]1C(=O)O[C@@H]1C.O=C(O)c1ccccc1-c1c2ccc(=O)cc-2oc2cc(O)ccc12. The van der Waals surface area contributed by atoms with Crippen LogP contribution >= 0.6 is 0 Å². The Morgan fingerprint density at radius 2 is 1.52 bits per heavy atom. The molecule has 2 heterocycles. The van der Waals surface area contributed by atoms with Crippen molar-refractivity contribution < 1.29 is 43.3 Å². The second-order valence-electron chi connectivity index (χ2n) is 13.5. The van der Waals surface area contributed by atoms with Crippen molar-refractivity contribution in [3.8, 4) is 28.2 Å². The quantitative estimate of drug-likeness (QED) is 0.0570. The van der Waals surface area contributed by atoms with Crippen LogP contribution in [0.3, 0.4) is 0 Å². The minimum Gasteiger partial charge on any atom is -0.508 e. The third-order valence-corrected chi connectivity index (χ3v) is 9.39. The number of unbranched alkanes of at least 4 members (excludes halogenated alkanes) is 3. The van der Waals surface area contributed by atoms with Gasteiger partial charge in [0.25, 0.3) is 0 Å². The number of rotatable bonds is 15. The molecule has 3 atom stereocenters. The number of carboxylic acid groups (broad SMARTS) is 1. The van der Waals surface area contributed by atoms with Gasteiger partial charge < -0.3 is 29.5 Å². The molecule has 3 N–H and O–H groups in total. The van der Waals surface area contributed by atoms with Crippen molar-refractivity contribution in [3.05, 3.63) is 112 Å². The van der Waals surface area contributed by atoms with E-state index in [2.05, 4.69) is 5.32 Å². The van der Waals surface area contributed by atoms with Crippen LogP contribution in [-0.4, -0.2) is 51.8 Å². The fourth-order valence-electron chi connectivity index (χ4n) is 6.49. The van der Waals surface area contributed by atoms with Crippen molar-refractivity contribution >= 4 is 40.4 Å². The van der Waals surface area contributed by atoms with Gasteiger partial charge in [0.15, 0.2) is 11.2 Å². The Morgan fingerprint density at radius 3 is 2.20 bits per heavy atom. The predicted molar refractivity (Wildman–Crippen MR) is 202 cm³/mol. The molecular weight excluding hydrogens is 690 g/mol. The summed E-state index contributed by atoms with van der Waals surface area (Å²) in [7, 11) is 0. The largest absolute Gasteiger partial charge is 0.508 e. The lowest BCUT2D eigenvalue weighted by molar-refractivity contribution is -0.183. The second-order valence-corrected chi connectivity index (χ2v) is 13.5. The van der Waals surface area contributed by atoms with Crippen LogP contribution in [-0.2, 0) is 30.3 Å². The first kappa shape index (κ1) is 39.1. The Labute approximate surface area is 312 Å². The second kappa shape index (κ2) is 18.1. The maximum Gasteiger partial charge on any atom is 0.336 e. The maximum atomic E-state index is 12.8. The molecule has 3 aromatic rings. The molecular formula is C43H43NO10. The number of nitrogens with one attached hydrogen (secondary N) is 1. The summed E-state index contributed by atoms with van der Waals surface area (Å²) in [5, 5.41) is 22.8. The summed E-state index contributed by atoms with van der Waals surface area (Å²) in [6.45, 7) is 3.36. The molecule has 3 aromatic carbocycles. The summed E-state index contributed by atoms with van der Waals surface area (Å²) in [5.74, 6) is -1.56. The molecule has 280 valence electrons. The van der Waals surface area contributed by atoms with Crippen LogP contribution in [0, 0.1) is 5.92 Å².